The molecular weight excluding hydrogens is 286 g/mol. The molecular formula is C8H22O8P2. The second kappa shape index (κ2) is 10.1. The van der Waals surface area contributed by atoms with Crippen LogP contribution in [0.15, 0.2) is 0 Å². The molecule has 0 radical (unpaired) electrons. The Kier molecular flexibility index (Phi) is 11.5. The van der Waals surface area contributed by atoms with Gasteiger partial charge in [-0.15, -0.1) is 0 Å². The summed E-state index contributed by atoms with van der Waals surface area (Å²) in [6.45, 7) is 4.47. The minimum Gasteiger partial charge on any atom is -0.303 e. The van der Waals surface area contributed by atoms with Crippen LogP contribution in [0, 0.1) is 5.92 Å². The molecule has 0 rings (SSSR count). The smallest absolute Gasteiger partial charge is 0.303 e. The fourth-order valence-corrected chi connectivity index (χ4v) is 1.38. The normalized spacial score (nSPS) is 12.2. The van der Waals surface area contributed by atoms with Crippen molar-refractivity contribution in [3.05, 3.63) is 0 Å². The van der Waals surface area contributed by atoms with E-state index >= 15 is 0 Å². The topological polar surface area (TPSA) is 145 Å². The van der Waals surface area contributed by atoms with Crippen LogP contribution in [0.1, 0.15) is 39.5 Å². The maximum absolute atomic E-state index is 10.2. The third kappa shape index (κ3) is 36.0. The van der Waals surface area contributed by atoms with E-state index in [1.807, 2.05) is 0 Å². The molecule has 0 heterocycles. The van der Waals surface area contributed by atoms with Crippen LogP contribution >= 0.6 is 15.6 Å². The van der Waals surface area contributed by atoms with Crippen LogP contribution in [0.25, 0.3) is 0 Å². The Bertz CT molecular complexity index is 273. The van der Waals surface area contributed by atoms with Crippen molar-refractivity contribution in [1.29, 1.82) is 0 Å². The van der Waals surface area contributed by atoms with Gasteiger partial charge in [0.25, 0.3) is 0 Å². The molecule has 0 aromatic rings. The second-order valence-corrected chi connectivity index (χ2v) is 6.35. The molecule has 0 spiro atoms. The summed E-state index contributed by atoms with van der Waals surface area (Å²) in [5, 5.41) is 0. The maximum Gasteiger partial charge on any atom is 0.469 e. The summed E-state index contributed by atoms with van der Waals surface area (Å²) >= 11 is 0. The maximum atomic E-state index is 10.2. The van der Waals surface area contributed by atoms with Crippen LogP contribution < -0.4 is 0 Å². The molecule has 10 heteroatoms. The number of phosphoric ester groups is 1. The summed E-state index contributed by atoms with van der Waals surface area (Å²) in [5.41, 5.74) is 0. The van der Waals surface area contributed by atoms with Crippen molar-refractivity contribution in [1.82, 2.24) is 0 Å². The van der Waals surface area contributed by atoms with Gasteiger partial charge in [0, 0.05) is 0 Å². The third-order valence-corrected chi connectivity index (χ3v) is 2.20. The molecule has 0 aliphatic rings. The van der Waals surface area contributed by atoms with E-state index in [0.717, 1.165) is 25.7 Å². The van der Waals surface area contributed by atoms with Gasteiger partial charge in [-0.1, -0.05) is 33.1 Å². The number of phosphoric acid groups is 2. The molecule has 0 fully saturated rings. The van der Waals surface area contributed by atoms with Crippen molar-refractivity contribution < 1.29 is 38.1 Å². The second-order valence-electron chi connectivity index (χ2n) is 4.08. The minimum atomic E-state index is -4.64. The van der Waals surface area contributed by atoms with E-state index in [2.05, 4.69) is 18.4 Å². The molecule has 8 nitrogen and oxygen atoms in total. The first kappa shape index (κ1) is 20.5. The van der Waals surface area contributed by atoms with Crippen molar-refractivity contribution in [3.8, 4) is 0 Å². The van der Waals surface area contributed by atoms with Crippen LogP contribution in [0.5, 0.6) is 0 Å². The fraction of sp³-hybridized carbons (Fsp3) is 1.00. The molecule has 0 amide bonds. The van der Waals surface area contributed by atoms with Crippen LogP contribution in [0.3, 0.4) is 0 Å². The first-order valence-electron chi connectivity index (χ1n) is 5.40. The van der Waals surface area contributed by atoms with Gasteiger partial charge in [0.15, 0.2) is 0 Å². The summed E-state index contributed by atoms with van der Waals surface area (Å²) in [5.74, 6) is 0.697. The predicted octanol–water partition coefficient (Wildman–Crippen LogP) is 1.38. The lowest BCUT2D eigenvalue weighted by Crippen LogP contribution is -1.93. The molecule has 0 unspecified atom stereocenters. The lowest BCUT2D eigenvalue weighted by Gasteiger charge is -2.05. The van der Waals surface area contributed by atoms with Gasteiger partial charge >= 0.3 is 15.6 Å². The highest BCUT2D eigenvalue weighted by Gasteiger charge is 2.12. The number of unbranched alkanes of at least 4 members (excludes halogenated alkanes) is 2. The van der Waals surface area contributed by atoms with Crippen molar-refractivity contribution in [2.75, 3.05) is 6.61 Å². The Morgan fingerprint density at radius 1 is 0.944 bits per heavy atom. The van der Waals surface area contributed by atoms with Crippen LogP contribution in [0.2, 0.25) is 0 Å². The Hall–Kier alpha value is 0.220. The highest BCUT2D eigenvalue weighted by Crippen LogP contribution is 2.35. The molecule has 0 aromatic carbocycles. The first-order chi connectivity index (χ1) is 7.92. The average Bonchev–Trinajstić information content (AvgIpc) is 2.05. The Labute approximate surface area is 106 Å². The van der Waals surface area contributed by atoms with Gasteiger partial charge in [-0.25, -0.2) is 9.13 Å². The summed E-state index contributed by atoms with van der Waals surface area (Å²) in [4.78, 5) is 38.3. The van der Waals surface area contributed by atoms with Gasteiger partial charge < -0.3 is 24.5 Å². The van der Waals surface area contributed by atoms with Gasteiger partial charge in [-0.2, -0.15) is 0 Å². The lowest BCUT2D eigenvalue weighted by atomic mass is 10.1. The van der Waals surface area contributed by atoms with E-state index in [-0.39, 0.29) is 6.61 Å². The average molecular weight is 308 g/mol. The van der Waals surface area contributed by atoms with Gasteiger partial charge in [0.05, 0.1) is 6.61 Å². The number of rotatable bonds is 7. The number of hydrogen-bond donors (Lipinski definition) is 5. The van der Waals surface area contributed by atoms with E-state index in [1.165, 1.54) is 0 Å². The Balaban J connectivity index is 0. The Morgan fingerprint density at radius 2 is 1.39 bits per heavy atom. The molecule has 0 aliphatic carbocycles. The quantitative estimate of drug-likeness (QED) is 0.350. The van der Waals surface area contributed by atoms with Crippen molar-refractivity contribution >= 4 is 15.6 Å². The Morgan fingerprint density at radius 3 is 1.72 bits per heavy atom. The number of hydrogen-bond acceptors (Lipinski definition) is 3. The van der Waals surface area contributed by atoms with Gasteiger partial charge in [-0.05, 0) is 12.3 Å². The van der Waals surface area contributed by atoms with Gasteiger partial charge in [0.2, 0.25) is 0 Å². The standard InChI is InChI=1S/C8H19O4P.H3O4P/c1-8(2)6-4-3-5-7-12-13(9,10)11;1-5(2,3)4/h8H,3-7H2,1-2H3,(H2,9,10,11);(H3,1,2,3,4). The fourth-order valence-electron chi connectivity index (χ4n) is 1.01. The minimum absolute atomic E-state index is 0.155. The molecule has 0 saturated carbocycles. The zero-order valence-electron chi connectivity index (χ0n) is 10.5. The van der Waals surface area contributed by atoms with Gasteiger partial charge in [0.1, 0.15) is 0 Å². The highest BCUT2D eigenvalue weighted by atomic mass is 31.2. The van der Waals surface area contributed by atoms with E-state index in [0.29, 0.717) is 5.92 Å². The summed E-state index contributed by atoms with van der Waals surface area (Å²) in [6.07, 6.45) is 3.95. The van der Waals surface area contributed by atoms with E-state index < -0.39 is 15.6 Å². The van der Waals surface area contributed by atoms with Crippen molar-refractivity contribution in [2.24, 2.45) is 5.92 Å². The van der Waals surface area contributed by atoms with E-state index in [1.54, 1.807) is 0 Å². The van der Waals surface area contributed by atoms with E-state index in [4.69, 9.17) is 29.0 Å². The zero-order valence-corrected chi connectivity index (χ0v) is 12.3. The van der Waals surface area contributed by atoms with Crippen molar-refractivity contribution in [2.45, 2.75) is 39.5 Å². The molecule has 0 aliphatic heterocycles. The molecule has 0 atom stereocenters. The van der Waals surface area contributed by atoms with Crippen molar-refractivity contribution in [3.63, 3.8) is 0 Å². The molecule has 0 saturated heterocycles. The monoisotopic (exact) mass is 308 g/mol. The molecule has 0 bridgehead atoms. The highest BCUT2D eigenvalue weighted by molar-refractivity contribution is 7.46. The summed E-state index contributed by atoms with van der Waals surface area (Å²) in [7, 11) is -8.87. The molecule has 18 heavy (non-hydrogen) atoms. The molecule has 5 N–H and O–H groups in total. The predicted molar refractivity (Wildman–Crippen MR) is 65.6 cm³/mol. The lowest BCUT2D eigenvalue weighted by molar-refractivity contribution is 0.193. The SMILES string of the molecule is CC(C)CCCCCOP(=O)(O)O.O=P(O)(O)O. The summed E-state index contributed by atoms with van der Waals surface area (Å²) in [6, 6.07) is 0. The van der Waals surface area contributed by atoms with Crippen LogP contribution in [-0.2, 0) is 13.7 Å². The van der Waals surface area contributed by atoms with Gasteiger partial charge in [-0.3, -0.25) is 4.52 Å². The zero-order chi connectivity index (χ0) is 14.8. The first-order valence-corrected chi connectivity index (χ1v) is 8.49. The van der Waals surface area contributed by atoms with Crippen LogP contribution in [-0.4, -0.2) is 31.1 Å². The van der Waals surface area contributed by atoms with Crippen LogP contribution in [0.4, 0.5) is 0 Å². The van der Waals surface area contributed by atoms with E-state index in [9.17, 15) is 4.57 Å². The molecule has 0 aromatic heterocycles. The third-order valence-electron chi connectivity index (χ3n) is 1.69. The largest absolute Gasteiger partial charge is 0.469 e. The molecule has 112 valence electrons. The summed E-state index contributed by atoms with van der Waals surface area (Å²) < 4.78 is 23.4.